The first kappa shape index (κ1) is 63.6. The Morgan fingerprint density at radius 3 is 1.86 bits per heavy atom. The first-order valence-electron chi connectivity index (χ1n) is 29.3. The molecule has 0 bridgehead atoms. The van der Waals surface area contributed by atoms with Crippen molar-refractivity contribution in [3.8, 4) is 0 Å². The number of carbonyl (C=O) groups is 1. The highest BCUT2D eigenvalue weighted by atomic mass is 16.8. The molecular formula is C58H94O23. The molecule has 0 spiro atoms. The Morgan fingerprint density at radius 1 is 0.642 bits per heavy atom. The van der Waals surface area contributed by atoms with Gasteiger partial charge in [0.15, 0.2) is 25.2 Å². The lowest BCUT2D eigenvalue weighted by Crippen LogP contribution is -2.69. The number of aliphatic hydroxyl groups excluding tert-OH is 13. The molecular weight excluding hydrogens is 1060 g/mol. The van der Waals surface area contributed by atoms with Crippen LogP contribution in [0.4, 0.5) is 0 Å². The van der Waals surface area contributed by atoms with Crippen molar-refractivity contribution in [1.29, 1.82) is 0 Å². The van der Waals surface area contributed by atoms with E-state index in [2.05, 4.69) is 54.5 Å². The highest BCUT2D eigenvalue weighted by molar-refractivity contribution is 5.87. The zero-order valence-corrected chi connectivity index (χ0v) is 48.5. The van der Waals surface area contributed by atoms with Gasteiger partial charge in [0.25, 0.3) is 0 Å². The van der Waals surface area contributed by atoms with E-state index in [4.69, 9.17) is 42.6 Å². The fourth-order valence-electron chi connectivity index (χ4n) is 17.0. The van der Waals surface area contributed by atoms with Gasteiger partial charge in [-0.05, 0) is 117 Å². The van der Waals surface area contributed by atoms with E-state index >= 15 is 0 Å². The maximum Gasteiger partial charge on any atom is 0.333 e. The molecule has 29 atom stereocenters. The number of carbonyl (C=O) groups excluding carboxylic acids is 1. The number of allylic oxidation sites excluding steroid dienone is 3. The van der Waals surface area contributed by atoms with E-state index in [0.29, 0.717) is 37.7 Å². The Labute approximate surface area is 474 Å². The fraction of sp³-hybridized carbons (Fsp3) is 0.914. The molecule has 4 saturated heterocycles. The second-order valence-corrected chi connectivity index (χ2v) is 27.4. The third kappa shape index (κ3) is 10.5. The van der Waals surface area contributed by atoms with Crippen LogP contribution in [0.25, 0.3) is 0 Å². The minimum absolute atomic E-state index is 0.0485. The average molecular weight is 1160 g/mol. The molecule has 4 heterocycles. The van der Waals surface area contributed by atoms with Crippen LogP contribution in [0, 0.1) is 50.2 Å². The monoisotopic (exact) mass is 1160 g/mol. The number of aliphatic hydroxyl groups is 13. The maximum atomic E-state index is 13.4. The molecule has 8 fully saturated rings. The first-order valence-corrected chi connectivity index (χ1v) is 29.3. The molecule has 81 heavy (non-hydrogen) atoms. The van der Waals surface area contributed by atoms with Crippen molar-refractivity contribution in [2.45, 2.75) is 256 Å². The number of fused-ring (bicyclic) bond motifs is 7. The zero-order valence-electron chi connectivity index (χ0n) is 48.5. The maximum absolute atomic E-state index is 13.4. The third-order valence-corrected chi connectivity index (χ3v) is 22.2. The van der Waals surface area contributed by atoms with Gasteiger partial charge < -0.3 is 109 Å². The number of hydrogen-bond donors (Lipinski definition) is 13. The summed E-state index contributed by atoms with van der Waals surface area (Å²) in [6.07, 6.45) is -24.6. The standard InChI is InChI=1S/C58H94O23/c1-11-25(2)48(72)78-36-20-53(4,5)18-28-27-12-13-33-55(8)16-15-35(54(6,7)32(55)14-17-56(33,9)57(27,10)19-34(62)58(28,36)24-61)79-51-46(40(66)31(23-73-51)77-50-45(71)42(68)38(64)29(21-59)75-50)81-52-47(43(69)39(65)30(22-60)76-52)80-49-44(70)41(67)37(63)26(3)74-49/h11-12,26,28-47,49-52,59-71H,13-24H2,1-10H3/b25-11-/t26-,28?,29-,30-,31+,32?,33?,34?,35?,36?,37-,38-,39-,40+,41+,42+,43+,44+,45-,46-,47-,49+,50+,51-,52+,55?,56?,57?,58?/m1/s1. The van der Waals surface area contributed by atoms with Gasteiger partial charge >= 0.3 is 5.97 Å². The predicted octanol–water partition coefficient (Wildman–Crippen LogP) is -0.436. The molecule has 0 amide bonds. The summed E-state index contributed by atoms with van der Waals surface area (Å²) >= 11 is 0. The fourth-order valence-corrected chi connectivity index (χ4v) is 17.0. The zero-order chi connectivity index (χ0) is 59.4. The number of rotatable bonds is 13. The number of hydrogen-bond acceptors (Lipinski definition) is 23. The highest BCUT2D eigenvalue weighted by Crippen LogP contribution is 2.76. The largest absolute Gasteiger partial charge is 0.458 e. The molecule has 10 unspecified atom stereocenters. The SMILES string of the molecule is C/C=C(/C)C(=O)OC1CC(C)(C)CC2C3=CCC4C5(C)CCC(O[C@H]6OC[C@H](O[C@@H]7O[C@H](CO)[C@@H](O)[C@H](O)[C@H]7O)[C@H](O)[C@H]6O[C@@H]6O[C@H](CO)[C@@H](O)[C@H](O)[C@H]6O[C@@H]6O[C@H](C)[C@@H](O)[C@H](O)[C@@H]6O)C(C)(C)C5CCC4(C)C3(C)CC(O)C12CO. The summed E-state index contributed by atoms with van der Waals surface area (Å²) in [6, 6.07) is 0. The molecule has 23 heteroatoms. The van der Waals surface area contributed by atoms with Crippen LogP contribution in [0.1, 0.15) is 121 Å². The molecule has 4 saturated carbocycles. The Balaban J connectivity index is 1.00. The van der Waals surface area contributed by atoms with E-state index in [1.54, 1.807) is 19.9 Å². The van der Waals surface area contributed by atoms with Crippen molar-refractivity contribution in [2.75, 3.05) is 26.4 Å². The Bertz CT molecular complexity index is 2280. The van der Waals surface area contributed by atoms with Crippen LogP contribution < -0.4 is 0 Å². The molecule has 5 aliphatic carbocycles. The molecule has 0 aromatic heterocycles. The van der Waals surface area contributed by atoms with E-state index in [0.717, 1.165) is 19.3 Å². The average Bonchev–Trinajstić information content (AvgIpc) is 1.46. The lowest BCUT2D eigenvalue weighted by Gasteiger charge is -2.72. The molecule has 13 N–H and O–H groups in total. The van der Waals surface area contributed by atoms with Crippen molar-refractivity contribution >= 4 is 5.97 Å². The molecule has 464 valence electrons. The van der Waals surface area contributed by atoms with Gasteiger partial charge in [0.05, 0.1) is 50.2 Å². The van der Waals surface area contributed by atoms with Crippen molar-refractivity contribution < 1.29 is 114 Å². The first-order chi connectivity index (χ1) is 37.9. The predicted molar refractivity (Wildman–Crippen MR) is 281 cm³/mol. The van der Waals surface area contributed by atoms with Crippen LogP contribution in [0.5, 0.6) is 0 Å². The van der Waals surface area contributed by atoms with Crippen LogP contribution in [0.2, 0.25) is 0 Å². The van der Waals surface area contributed by atoms with Crippen LogP contribution in [0.15, 0.2) is 23.3 Å². The smallest absolute Gasteiger partial charge is 0.333 e. The summed E-state index contributed by atoms with van der Waals surface area (Å²) in [5, 5.41) is 144. The lowest BCUT2D eigenvalue weighted by molar-refractivity contribution is -0.398. The van der Waals surface area contributed by atoms with Crippen LogP contribution >= 0.6 is 0 Å². The quantitative estimate of drug-likeness (QED) is 0.0481. The van der Waals surface area contributed by atoms with Gasteiger partial charge in [-0.1, -0.05) is 66.2 Å². The van der Waals surface area contributed by atoms with E-state index in [9.17, 15) is 71.2 Å². The Morgan fingerprint density at radius 2 is 1.23 bits per heavy atom. The minimum Gasteiger partial charge on any atom is -0.458 e. The minimum atomic E-state index is -1.92. The molecule has 0 radical (unpaired) electrons. The summed E-state index contributed by atoms with van der Waals surface area (Å²) in [5.74, 6) is -0.520. The number of ether oxygens (including phenoxy) is 9. The van der Waals surface area contributed by atoms with Crippen molar-refractivity contribution in [1.82, 2.24) is 0 Å². The number of esters is 1. The Kier molecular flexibility index (Phi) is 18.3. The highest BCUT2D eigenvalue weighted by Gasteiger charge is 2.72. The van der Waals surface area contributed by atoms with E-state index in [-0.39, 0.29) is 40.6 Å². The van der Waals surface area contributed by atoms with Gasteiger partial charge in [-0.2, -0.15) is 0 Å². The third-order valence-electron chi connectivity index (χ3n) is 22.2. The second kappa shape index (κ2) is 23.3. The van der Waals surface area contributed by atoms with Gasteiger partial charge in [-0.25, -0.2) is 4.79 Å². The van der Waals surface area contributed by atoms with Gasteiger partial charge in [-0.3, -0.25) is 0 Å². The molecule has 9 rings (SSSR count). The summed E-state index contributed by atoms with van der Waals surface area (Å²) < 4.78 is 55.6. The van der Waals surface area contributed by atoms with Crippen molar-refractivity contribution in [3.05, 3.63) is 23.3 Å². The van der Waals surface area contributed by atoms with Crippen LogP contribution in [0.3, 0.4) is 0 Å². The van der Waals surface area contributed by atoms with Gasteiger partial charge in [0.1, 0.15) is 91.6 Å². The lowest BCUT2D eigenvalue weighted by atomic mass is 9.33. The summed E-state index contributed by atoms with van der Waals surface area (Å²) in [5.41, 5.74) is -1.35. The van der Waals surface area contributed by atoms with Crippen LogP contribution in [-0.2, 0) is 47.4 Å². The van der Waals surface area contributed by atoms with Gasteiger partial charge in [0.2, 0.25) is 0 Å². The second-order valence-electron chi connectivity index (χ2n) is 27.4. The molecule has 0 aromatic carbocycles. The van der Waals surface area contributed by atoms with Gasteiger partial charge in [-0.15, -0.1) is 0 Å². The van der Waals surface area contributed by atoms with E-state index in [1.165, 1.54) is 12.5 Å². The molecule has 4 aliphatic heterocycles. The molecule has 23 nitrogen and oxygen atoms in total. The summed E-state index contributed by atoms with van der Waals surface area (Å²) in [7, 11) is 0. The van der Waals surface area contributed by atoms with E-state index in [1.807, 2.05) is 0 Å². The van der Waals surface area contributed by atoms with Crippen molar-refractivity contribution in [3.63, 3.8) is 0 Å². The molecule has 9 aliphatic rings. The summed E-state index contributed by atoms with van der Waals surface area (Å²) in [4.78, 5) is 13.4. The van der Waals surface area contributed by atoms with Crippen LogP contribution in [-0.4, -0.2) is 234 Å². The Hall–Kier alpha value is -1.89. The normalized spacial score (nSPS) is 52.6. The van der Waals surface area contributed by atoms with Gasteiger partial charge in [0, 0.05) is 5.57 Å². The topological polar surface area (TPSA) is 363 Å². The molecule has 0 aromatic rings. The van der Waals surface area contributed by atoms with E-state index < -0.39 is 177 Å². The van der Waals surface area contributed by atoms with Crippen molar-refractivity contribution in [2.24, 2.45) is 50.2 Å². The summed E-state index contributed by atoms with van der Waals surface area (Å²) in [6.45, 7) is 18.2.